The Morgan fingerprint density at radius 2 is 2.00 bits per heavy atom. The molecule has 0 spiro atoms. The largest absolute Gasteiger partial charge is 0.489 e. The lowest BCUT2D eigenvalue weighted by Crippen LogP contribution is -2.34. The van der Waals surface area contributed by atoms with E-state index in [1.165, 1.54) is 0 Å². The van der Waals surface area contributed by atoms with Crippen molar-refractivity contribution in [1.29, 1.82) is 0 Å². The van der Waals surface area contributed by atoms with Crippen LogP contribution in [0.15, 0.2) is 65.7 Å². The van der Waals surface area contributed by atoms with E-state index in [0.29, 0.717) is 5.89 Å². The second-order valence-corrected chi connectivity index (χ2v) is 6.72. The van der Waals surface area contributed by atoms with Crippen molar-refractivity contribution in [2.45, 2.75) is 18.9 Å². The van der Waals surface area contributed by atoms with Gasteiger partial charge in [0, 0.05) is 17.1 Å². The van der Waals surface area contributed by atoms with Gasteiger partial charge in [0.05, 0.1) is 17.9 Å². The molecule has 0 bridgehead atoms. The molecule has 0 radical (unpaired) electrons. The highest BCUT2D eigenvalue weighted by molar-refractivity contribution is 5.85. The average Bonchev–Trinajstić information content (AvgIpc) is 3.39. The van der Waals surface area contributed by atoms with Crippen molar-refractivity contribution < 1.29 is 9.15 Å². The Kier molecular flexibility index (Phi) is 4.10. The predicted octanol–water partition coefficient (Wildman–Crippen LogP) is 3.81. The summed E-state index contributed by atoms with van der Waals surface area (Å²) >= 11 is 0. The fourth-order valence-electron chi connectivity index (χ4n) is 3.53. The number of benzene rings is 1. The Balaban J connectivity index is 1.40. The van der Waals surface area contributed by atoms with Gasteiger partial charge in [-0.15, -0.1) is 0 Å². The number of ether oxygens (including phenoxy) is 1. The summed E-state index contributed by atoms with van der Waals surface area (Å²) in [7, 11) is 0. The predicted molar refractivity (Wildman–Crippen MR) is 103 cm³/mol. The molecule has 136 valence electrons. The topological polar surface area (TPSA) is 65.1 Å². The Labute approximate surface area is 156 Å². The van der Waals surface area contributed by atoms with Gasteiger partial charge < -0.3 is 19.0 Å². The summed E-state index contributed by atoms with van der Waals surface area (Å²) in [4.78, 5) is 8.81. The van der Waals surface area contributed by atoms with Crippen molar-refractivity contribution in [3.8, 4) is 23.0 Å². The fraction of sp³-hybridized carbons (Fsp3) is 0.238. The molecule has 0 amide bonds. The van der Waals surface area contributed by atoms with Crippen LogP contribution >= 0.6 is 0 Å². The SMILES string of the molecule is c1coc(-c2ccc3c(ccn3-c3ccc(OC4CCNCC4)cn3)c2)n1. The maximum Gasteiger partial charge on any atom is 0.225 e. The molecular weight excluding hydrogens is 340 g/mol. The molecule has 0 atom stereocenters. The maximum atomic E-state index is 6.04. The van der Waals surface area contributed by atoms with Gasteiger partial charge in [-0.25, -0.2) is 9.97 Å². The highest BCUT2D eigenvalue weighted by Crippen LogP contribution is 2.26. The minimum absolute atomic E-state index is 0.278. The number of pyridine rings is 1. The van der Waals surface area contributed by atoms with Gasteiger partial charge in [0.15, 0.2) is 0 Å². The first kappa shape index (κ1) is 16.1. The molecule has 4 aromatic rings. The Morgan fingerprint density at radius 1 is 1.07 bits per heavy atom. The van der Waals surface area contributed by atoms with Gasteiger partial charge in [-0.3, -0.25) is 0 Å². The molecular formula is C21H20N4O2. The first-order chi connectivity index (χ1) is 13.4. The summed E-state index contributed by atoms with van der Waals surface area (Å²) in [6.07, 6.45) is 9.43. The molecule has 1 N–H and O–H groups in total. The quantitative estimate of drug-likeness (QED) is 0.599. The first-order valence-corrected chi connectivity index (χ1v) is 9.22. The lowest BCUT2D eigenvalue weighted by atomic mass is 10.1. The van der Waals surface area contributed by atoms with E-state index in [4.69, 9.17) is 9.15 Å². The normalized spacial score (nSPS) is 15.3. The highest BCUT2D eigenvalue weighted by atomic mass is 16.5. The van der Waals surface area contributed by atoms with Crippen LogP contribution < -0.4 is 10.1 Å². The number of rotatable bonds is 4. The van der Waals surface area contributed by atoms with Gasteiger partial charge in [-0.2, -0.15) is 0 Å². The van der Waals surface area contributed by atoms with Crippen LogP contribution in [0.4, 0.5) is 0 Å². The minimum Gasteiger partial charge on any atom is -0.489 e. The molecule has 0 saturated carbocycles. The fourth-order valence-corrected chi connectivity index (χ4v) is 3.53. The second kappa shape index (κ2) is 6.89. The summed E-state index contributed by atoms with van der Waals surface area (Å²) in [5.41, 5.74) is 2.05. The van der Waals surface area contributed by atoms with Crippen LogP contribution in [0.5, 0.6) is 5.75 Å². The van der Waals surface area contributed by atoms with E-state index in [-0.39, 0.29) is 6.10 Å². The van der Waals surface area contributed by atoms with E-state index in [0.717, 1.165) is 54.0 Å². The number of hydrogen-bond donors (Lipinski definition) is 1. The summed E-state index contributed by atoms with van der Waals surface area (Å²) in [6, 6.07) is 12.2. The molecule has 0 unspecified atom stereocenters. The third-order valence-electron chi connectivity index (χ3n) is 4.93. The Hall–Kier alpha value is -3.12. The van der Waals surface area contributed by atoms with Crippen LogP contribution in [0, 0.1) is 0 Å². The zero-order valence-corrected chi connectivity index (χ0v) is 14.8. The molecule has 3 aromatic heterocycles. The lowest BCUT2D eigenvalue weighted by Gasteiger charge is -2.23. The lowest BCUT2D eigenvalue weighted by molar-refractivity contribution is 0.162. The molecule has 1 aliphatic rings. The zero-order valence-electron chi connectivity index (χ0n) is 14.8. The molecule has 0 aliphatic carbocycles. The maximum absolute atomic E-state index is 6.04. The summed E-state index contributed by atoms with van der Waals surface area (Å²) in [5.74, 6) is 2.32. The second-order valence-electron chi connectivity index (χ2n) is 6.72. The number of fused-ring (bicyclic) bond motifs is 1. The molecule has 4 heterocycles. The molecule has 27 heavy (non-hydrogen) atoms. The van der Waals surface area contributed by atoms with Crippen LogP contribution in [0.2, 0.25) is 0 Å². The molecule has 5 rings (SSSR count). The van der Waals surface area contributed by atoms with Gasteiger partial charge in [0.25, 0.3) is 0 Å². The number of nitrogens with one attached hydrogen (secondary N) is 1. The molecule has 1 aromatic carbocycles. The van der Waals surface area contributed by atoms with Crippen LogP contribution in [-0.4, -0.2) is 33.7 Å². The Morgan fingerprint density at radius 3 is 2.78 bits per heavy atom. The Bertz CT molecular complexity index is 1030. The van der Waals surface area contributed by atoms with Gasteiger partial charge in [0.2, 0.25) is 5.89 Å². The van der Waals surface area contributed by atoms with Crippen molar-refractivity contribution >= 4 is 10.9 Å². The number of oxazole rings is 1. The van der Waals surface area contributed by atoms with E-state index < -0.39 is 0 Å². The number of nitrogens with zero attached hydrogens (tertiary/aromatic N) is 3. The summed E-state index contributed by atoms with van der Waals surface area (Å²) < 4.78 is 13.5. The summed E-state index contributed by atoms with van der Waals surface area (Å²) in [5, 5.41) is 4.46. The van der Waals surface area contributed by atoms with Crippen molar-refractivity contribution in [1.82, 2.24) is 19.9 Å². The van der Waals surface area contributed by atoms with Crippen LogP contribution in [0.25, 0.3) is 28.2 Å². The highest BCUT2D eigenvalue weighted by Gasteiger charge is 2.15. The van der Waals surface area contributed by atoms with Gasteiger partial charge in [-0.1, -0.05) is 0 Å². The molecule has 1 fully saturated rings. The first-order valence-electron chi connectivity index (χ1n) is 9.22. The van der Waals surface area contributed by atoms with Crippen LogP contribution in [0.1, 0.15) is 12.8 Å². The van der Waals surface area contributed by atoms with Crippen LogP contribution in [0.3, 0.4) is 0 Å². The smallest absolute Gasteiger partial charge is 0.225 e. The third kappa shape index (κ3) is 3.19. The van der Waals surface area contributed by atoms with Crippen LogP contribution in [-0.2, 0) is 0 Å². The van der Waals surface area contributed by atoms with E-state index in [1.54, 1.807) is 12.5 Å². The number of aromatic nitrogens is 3. The van der Waals surface area contributed by atoms with E-state index in [9.17, 15) is 0 Å². The molecule has 1 aliphatic heterocycles. The van der Waals surface area contributed by atoms with E-state index in [2.05, 4.69) is 38.1 Å². The third-order valence-corrected chi connectivity index (χ3v) is 4.93. The summed E-state index contributed by atoms with van der Waals surface area (Å²) in [6.45, 7) is 2.03. The standard InChI is InChI=1S/C21H20N4O2/c1-3-19-15(13-16(1)21-23-10-12-26-21)7-11-25(19)20-4-2-18(14-24-20)27-17-5-8-22-9-6-17/h1-4,7,10-14,17,22H,5-6,8-9H2. The average molecular weight is 360 g/mol. The zero-order chi connectivity index (χ0) is 18.1. The van der Waals surface area contributed by atoms with Crippen molar-refractivity contribution in [2.24, 2.45) is 0 Å². The van der Waals surface area contributed by atoms with Crippen molar-refractivity contribution in [2.75, 3.05) is 13.1 Å². The van der Waals surface area contributed by atoms with Gasteiger partial charge in [0.1, 0.15) is 23.9 Å². The van der Waals surface area contributed by atoms with E-state index in [1.807, 2.05) is 30.6 Å². The van der Waals surface area contributed by atoms with Gasteiger partial charge >= 0.3 is 0 Å². The number of piperidine rings is 1. The molecule has 6 nitrogen and oxygen atoms in total. The van der Waals surface area contributed by atoms with Crippen molar-refractivity contribution in [3.05, 3.63) is 61.3 Å². The minimum atomic E-state index is 0.278. The van der Waals surface area contributed by atoms with Crippen molar-refractivity contribution in [3.63, 3.8) is 0 Å². The van der Waals surface area contributed by atoms with E-state index >= 15 is 0 Å². The molecule has 1 saturated heterocycles. The van der Waals surface area contributed by atoms with Gasteiger partial charge in [-0.05, 0) is 62.3 Å². The molecule has 6 heteroatoms. The monoisotopic (exact) mass is 360 g/mol. The number of hydrogen-bond acceptors (Lipinski definition) is 5.